The summed E-state index contributed by atoms with van der Waals surface area (Å²) in [5.74, 6) is 0. The Kier molecular flexibility index (Phi) is 7.90. The molecule has 11 aromatic rings. The van der Waals surface area contributed by atoms with Crippen molar-refractivity contribution in [2.45, 2.75) is 18.5 Å². The van der Waals surface area contributed by atoms with E-state index in [9.17, 15) is 0 Å². The molecular formula is C52H38N4S2. The van der Waals surface area contributed by atoms with E-state index in [4.69, 9.17) is 0 Å². The zero-order chi connectivity index (χ0) is 38.3. The molecule has 0 amide bonds. The van der Waals surface area contributed by atoms with Crippen LogP contribution in [0, 0.1) is 0 Å². The molecule has 58 heavy (non-hydrogen) atoms. The maximum absolute atomic E-state index is 3.94. The summed E-state index contributed by atoms with van der Waals surface area (Å²) < 4.78 is 7.65. The van der Waals surface area contributed by atoms with Crippen molar-refractivity contribution in [1.82, 2.24) is 20.1 Å². The Morgan fingerprint density at radius 3 is 1.83 bits per heavy atom. The van der Waals surface area contributed by atoms with Crippen LogP contribution in [-0.4, -0.2) is 16.5 Å². The van der Waals surface area contributed by atoms with Crippen LogP contribution < -0.4 is 10.6 Å². The van der Waals surface area contributed by atoms with Gasteiger partial charge in [0.15, 0.2) is 0 Å². The van der Waals surface area contributed by atoms with Gasteiger partial charge in [-0.05, 0) is 83.4 Å². The molecule has 2 N–H and O–H groups in total. The van der Waals surface area contributed by atoms with Crippen LogP contribution in [0.15, 0.2) is 182 Å². The van der Waals surface area contributed by atoms with Gasteiger partial charge in [-0.2, -0.15) is 0 Å². The maximum atomic E-state index is 3.94. The first-order valence-electron chi connectivity index (χ1n) is 19.9. The summed E-state index contributed by atoms with van der Waals surface area (Å²) in [6.45, 7) is 0. The molecule has 0 bridgehead atoms. The van der Waals surface area contributed by atoms with Crippen molar-refractivity contribution >= 4 is 84.8 Å². The van der Waals surface area contributed by atoms with Crippen LogP contribution in [0.2, 0.25) is 0 Å². The Morgan fingerprint density at radius 1 is 0.431 bits per heavy atom. The quantitative estimate of drug-likeness (QED) is 0.182. The lowest BCUT2D eigenvalue weighted by Gasteiger charge is -2.45. The lowest BCUT2D eigenvalue weighted by Crippen LogP contribution is -2.54. The molecule has 1 aliphatic heterocycles. The van der Waals surface area contributed by atoms with Gasteiger partial charge in [0.05, 0.1) is 29.5 Å². The largest absolute Gasteiger partial charge is 0.309 e. The summed E-state index contributed by atoms with van der Waals surface area (Å²) in [5.41, 5.74) is 9.95. The van der Waals surface area contributed by atoms with Crippen LogP contribution in [0.3, 0.4) is 0 Å². The summed E-state index contributed by atoms with van der Waals surface area (Å²) in [4.78, 5) is 2.42. The second-order valence-electron chi connectivity index (χ2n) is 15.5. The monoisotopic (exact) mass is 782 g/mol. The molecule has 8 aromatic carbocycles. The lowest BCUT2D eigenvalue weighted by molar-refractivity contribution is 0.0416. The normalized spacial score (nSPS) is 17.7. The molecule has 3 unspecified atom stereocenters. The van der Waals surface area contributed by atoms with Gasteiger partial charge in [0.2, 0.25) is 0 Å². The van der Waals surface area contributed by atoms with Crippen molar-refractivity contribution in [2.24, 2.45) is 0 Å². The van der Waals surface area contributed by atoms with Gasteiger partial charge >= 0.3 is 0 Å². The smallest absolute Gasteiger partial charge is 0.0888 e. The van der Waals surface area contributed by atoms with E-state index in [1.54, 1.807) is 0 Å². The highest BCUT2D eigenvalue weighted by Crippen LogP contribution is 2.44. The molecule has 3 aromatic heterocycles. The minimum atomic E-state index is 0.00408. The molecule has 1 saturated heterocycles. The summed E-state index contributed by atoms with van der Waals surface area (Å²) >= 11 is 3.77. The minimum Gasteiger partial charge on any atom is -0.309 e. The van der Waals surface area contributed by atoms with Gasteiger partial charge < -0.3 is 4.57 Å². The molecule has 1 fully saturated rings. The Bertz CT molecular complexity index is 3290. The van der Waals surface area contributed by atoms with E-state index in [2.05, 4.69) is 209 Å². The van der Waals surface area contributed by atoms with Crippen LogP contribution in [-0.2, 0) is 0 Å². The molecule has 0 radical (unpaired) electrons. The first kappa shape index (κ1) is 34.0. The van der Waals surface area contributed by atoms with E-state index in [-0.39, 0.29) is 18.5 Å². The second kappa shape index (κ2) is 13.5. The van der Waals surface area contributed by atoms with Crippen molar-refractivity contribution in [1.29, 1.82) is 0 Å². The third-order valence-electron chi connectivity index (χ3n) is 12.2. The number of para-hydroxylation sites is 2. The highest BCUT2D eigenvalue weighted by molar-refractivity contribution is 7.26. The first-order valence-corrected chi connectivity index (χ1v) is 21.5. The number of nitrogens with one attached hydrogen (secondary N) is 2. The zero-order valence-corrected chi connectivity index (χ0v) is 33.4. The molecule has 12 rings (SSSR count). The molecule has 0 saturated carbocycles. The predicted octanol–water partition coefficient (Wildman–Crippen LogP) is 13.7. The van der Waals surface area contributed by atoms with E-state index in [1.807, 2.05) is 22.7 Å². The molecule has 278 valence electrons. The SMILES string of the molecule is CN1C(c2ccccc2)NC(c2ccccc2)NC1c1ccc2c(c1)sc1ccc(-c3cccc4sc5cc(-n6c7ccccc7c7ccccc76)ccc5c34)cc12. The molecule has 3 atom stereocenters. The summed E-state index contributed by atoms with van der Waals surface area (Å²) in [5, 5.41) is 15.6. The van der Waals surface area contributed by atoms with Gasteiger partial charge in [-0.3, -0.25) is 15.5 Å². The van der Waals surface area contributed by atoms with Gasteiger partial charge in [-0.15, -0.1) is 22.7 Å². The molecular weight excluding hydrogens is 745 g/mol. The summed E-state index contributed by atoms with van der Waals surface area (Å²) in [7, 11) is 2.21. The maximum Gasteiger partial charge on any atom is 0.0888 e. The number of aromatic nitrogens is 1. The first-order chi connectivity index (χ1) is 28.7. The molecule has 1 aliphatic rings. The fraction of sp³-hybridized carbons (Fsp3) is 0.0769. The van der Waals surface area contributed by atoms with Crippen LogP contribution in [0.4, 0.5) is 0 Å². The zero-order valence-electron chi connectivity index (χ0n) is 31.8. The number of hydrogen-bond donors (Lipinski definition) is 2. The molecule has 4 nitrogen and oxygen atoms in total. The number of hydrogen-bond acceptors (Lipinski definition) is 5. The Hall–Kier alpha value is -6.12. The van der Waals surface area contributed by atoms with Crippen molar-refractivity contribution in [3.05, 3.63) is 199 Å². The minimum absolute atomic E-state index is 0.00408. The van der Waals surface area contributed by atoms with Crippen molar-refractivity contribution < 1.29 is 0 Å². The van der Waals surface area contributed by atoms with Crippen molar-refractivity contribution in [2.75, 3.05) is 7.05 Å². The van der Waals surface area contributed by atoms with Gasteiger partial charge in [-0.1, -0.05) is 133 Å². The van der Waals surface area contributed by atoms with E-state index < -0.39 is 0 Å². The summed E-state index contributed by atoms with van der Waals surface area (Å²) in [6, 6.07) is 67.0. The van der Waals surface area contributed by atoms with Crippen LogP contribution in [0.25, 0.3) is 79.0 Å². The number of fused-ring (bicyclic) bond motifs is 9. The highest BCUT2D eigenvalue weighted by atomic mass is 32.1. The van der Waals surface area contributed by atoms with E-state index in [0.29, 0.717) is 0 Å². The predicted molar refractivity (Wildman–Crippen MR) is 247 cm³/mol. The summed E-state index contributed by atoms with van der Waals surface area (Å²) in [6.07, 6.45) is 0.0700. The van der Waals surface area contributed by atoms with Gasteiger partial charge in [-0.25, -0.2) is 0 Å². The molecule has 0 aliphatic carbocycles. The average Bonchev–Trinajstić information content (AvgIpc) is 3.95. The second-order valence-corrected chi connectivity index (χ2v) is 17.6. The third kappa shape index (κ3) is 5.38. The van der Waals surface area contributed by atoms with Gasteiger partial charge in [0.25, 0.3) is 0 Å². The standard InChI is InChI=1S/C52H38N4S2/c1-55-51(33-15-6-3-7-16-33)53-50(32-13-4-2-5-14-32)54-52(55)35-23-26-40-42-29-34(24-28-45(42)57-47(40)30-35)37-19-12-22-46-49(37)41-27-25-36(31-48(41)58-46)56-43-20-10-8-17-38(43)39-18-9-11-21-44(39)56/h2-31,50-54H,1H3. The number of benzene rings is 8. The highest BCUT2D eigenvalue weighted by Gasteiger charge is 2.35. The number of nitrogens with zero attached hydrogens (tertiary/aromatic N) is 2. The van der Waals surface area contributed by atoms with Crippen molar-refractivity contribution in [3.63, 3.8) is 0 Å². The van der Waals surface area contributed by atoms with Gasteiger partial charge in [0, 0.05) is 56.8 Å². The van der Waals surface area contributed by atoms with E-state index >= 15 is 0 Å². The van der Waals surface area contributed by atoms with Gasteiger partial charge in [0.1, 0.15) is 0 Å². The van der Waals surface area contributed by atoms with E-state index in [1.165, 1.54) is 95.7 Å². The Morgan fingerprint density at radius 2 is 1.07 bits per heavy atom. The number of rotatable bonds is 5. The van der Waals surface area contributed by atoms with E-state index in [0.717, 1.165) is 0 Å². The fourth-order valence-electron chi connectivity index (χ4n) is 9.41. The number of thiophene rings is 2. The van der Waals surface area contributed by atoms with Crippen LogP contribution >= 0.6 is 22.7 Å². The molecule has 6 heteroatoms. The molecule has 0 spiro atoms. The topological polar surface area (TPSA) is 32.2 Å². The lowest BCUT2D eigenvalue weighted by atomic mass is 9.97. The van der Waals surface area contributed by atoms with Crippen LogP contribution in [0.5, 0.6) is 0 Å². The fourth-order valence-corrected chi connectivity index (χ4v) is 11.7. The molecule has 4 heterocycles. The van der Waals surface area contributed by atoms with Crippen LogP contribution in [0.1, 0.15) is 35.2 Å². The Labute approximate surface area is 344 Å². The Balaban J connectivity index is 0.931. The third-order valence-corrected chi connectivity index (χ3v) is 14.4. The van der Waals surface area contributed by atoms with Crippen molar-refractivity contribution in [3.8, 4) is 16.8 Å². The average molecular weight is 783 g/mol.